The van der Waals surface area contributed by atoms with Gasteiger partial charge in [0, 0.05) is 30.9 Å². The van der Waals surface area contributed by atoms with E-state index in [-0.39, 0.29) is 24.4 Å². The Hall–Kier alpha value is -2.48. The second-order valence-corrected chi connectivity index (χ2v) is 7.48. The Bertz CT molecular complexity index is 708. The summed E-state index contributed by atoms with van der Waals surface area (Å²) in [6.45, 7) is 2.61. The average molecular weight is 405 g/mol. The summed E-state index contributed by atoms with van der Waals surface area (Å²) >= 11 is 0. The lowest BCUT2D eigenvalue weighted by Crippen LogP contribution is -2.52. The number of carbonyl (C=O) groups is 2. The molecule has 160 valence electrons. The Morgan fingerprint density at radius 1 is 0.966 bits per heavy atom. The molecule has 2 amide bonds. The number of anilines is 1. The Labute approximate surface area is 172 Å². The molecule has 3 rings (SSSR count). The van der Waals surface area contributed by atoms with Gasteiger partial charge < -0.3 is 24.4 Å². The topological polar surface area (TPSA) is 80.3 Å². The number of methoxy groups -OCH3 is 3. The maximum Gasteiger partial charge on any atom is 0.239 e. The van der Waals surface area contributed by atoms with Crippen LogP contribution in [0.1, 0.15) is 32.1 Å². The predicted molar refractivity (Wildman–Crippen MR) is 110 cm³/mol. The van der Waals surface area contributed by atoms with E-state index in [1.807, 2.05) is 9.80 Å². The van der Waals surface area contributed by atoms with Crippen molar-refractivity contribution in [2.45, 2.75) is 38.1 Å². The Kier molecular flexibility index (Phi) is 7.19. The standard InChI is InChI=1S/C21H31N3O5/c1-27-17-12-15(13-18(28-2)20(17)29-3)22-19(25)14-24-11-5-4-8-16(24)21(26)23-9-6-7-10-23/h12-13,16H,4-11,14H2,1-3H3,(H,22,25). The molecular weight excluding hydrogens is 374 g/mol. The number of nitrogens with zero attached hydrogens (tertiary/aromatic N) is 2. The van der Waals surface area contributed by atoms with Gasteiger partial charge >= 0.3 is 0 Å². The smallest absolute Gasteiger partial charge is 0.239 e. The number of hydrogen-bond donors (Lipinski definition) is 1. The number of carbonyl (C=O) groups excluding carboxylic acids is 2. The molecule has 8 heteroatoms. The minimum atomic E-state index is -0.201. The summed E-state index contributed by atoms with van der Waals surface area (Å²) in [5.74, 6) is 1.42. The molecule has 0 spiro atoms. The molecule has 2 heterocycles. The highest BCUT2D eigenvalue weighted by atomic mass is 16.5. The minimum absolute atomic E-state index is 0.166. The molecular formula is C21H31N3O5. The molecule has 0 saturated carbocycles. The Morgan fingerprint density at radius 2 is 1.59 bits per heavy atom. The summed E-state index contributed by atoms with van der Waals surface area (Å²) in [6.07, 6.45) is 4.98. The maximum absolute atomic E-state index is 12.9. The second-order valence-electron chi connectivity index (χ2n) is 7.48. The summed E-state index contributed by atoms with van der Waals surface area (Å²) in [5.41, 5.74) is 0.559. The van der Waals surface area contributed by atoms with Crippen molar-refractivity contribution in [3.63, 3.8) is 0 Å². The summed E-state index contributed by atoms with van der Waals surface area (Å²) < 4.78 is 16.0. The van der Waals surface area contributed by atoms with Gasteiger partial charge in [0.15, 0.2) is 11.5 Å². The van der Waals surface area contributed by atoms with Crippen LogP contribution in [0.25, 0.3) is 0 Å². The number of piperidine rings is 1. The van der Waals surface area contributed by atoms with Gasteiger partial charge in [-0.3, -0.25) is 14.5 Å². The summed E-state index contributed by atoms with van der Waals surface area (Å²) in [5, 5.41) is 2.90. The molecule has 1 N–H and O–H groups in total. The van der Waals surface area contributed by atoms with Crippen molar-refractivity contribution in [2.75, 3.05) is 52.8 Å². The van der Waals surface area contributed by atoms with Gasteiger partial charge in [0.25, 0.3) is 0 Å². The van der Waals surface area contributed by atoms with Crippen molar-refractivity contribution >= 4 is 17.5 Å². The lowest BCUT2D eigenvalue weighted by atomic mass is 10.0. The van der Waals surface area contributed by atoms with E-state index in [1.165, 1.54) is 21.3 Å². The van der Waals surface area contributed by atoms with Crippen molar-refractivity contribution in [1.82, 2.24) is 9.80 Å². The molecule has 29 heavy (non-hydrogen) atoms. The van der Waals surface area contributed by atoms with E-state index in [4.69, 9.17) is 14.2 Å². The van der Waals surface area contributed by atoms with Crippen molar-refractivity contribution in [3.8, 4) is 17.2 Å². The van der Waals surface area contributed by atoms with Crippen LogP contribution in [0.5, 0.6) is 17.2 Å². The highest BCUT2D eigenvalue weighted by Gasteiger charge is 2.33. The SMILES string of the molecule is COc1cc(NC(=O)CN2CCCCC2C(=O)N2CCCC2)cc(OC)c1OC. The van der Waals surface area contributed by atoms with Crippen LogP contribution in [0.4, 0.5) is 5.69 Å². The molecule has 0 aromatic heterocycles. The number of benzene rings is 1. The number of rotatable bonds is 7. The fourth-order valence-corrected chi connectivity index (χ4v) is 4.15. The van der Waals surface area contributed by atoms with Crippen molar-refractivity contribution in [3.05, 3.63) is 12.1 Å². The third-order valence-electron chi connectivity index (χ3n) is 5.61. The predicted octanol–water partition coefficient (Wildman–Crippen LogP) is 2.13. The Balaban J connectivity index is 1.68. The first kappa shape index (κ1) is 21.2. The maximum atomic E-state index is 12.9. The number of likely N-dealkylation sites (tertiary alicyclic amines) is 2. The molecule has 1 aromatic rings. The molecule has 0 aliphatic carbocycles. The normalized spacial score (nSPS) is 19.7. The van der Waals surface area contributed by atoms with Crippen LogP contribution in [0.2, 0.25) is 0 Å². The first-order chi connectivity index (χ1) is 14.1. The van der Waals surface area contributed by atoms with E-state index in [1.54, 1.807) is 12.1 Å². The van der Waals surface area contributed by atoms with Gasteiger partial charge in [-0.15, -0.1) is 0 Å². The summed E-state index contributed by atoms with van der Waals surface area (Å²) in [6, 6.07) is 3.19. The zero-order valence-electron chi connectivity index (χ0n) is 17.5. The fourth-order valence-electron chi connectivity index (χ4n) is 4.15. The zero-order valence-corrected chi connectivity index (χ0v) is 17.5. The monoisotopic (exact) mass is 405 g/mol. The molecule has 0 radical (unpaired) electrons. The van der Waals surface area contributed by atoms with Crippen molar-refractivity contribution in [1.29, 1.82) is 0 Å². The third kappa shape index (κ3) is 4.93. The molecule has 1 aromatic carbocycles. The largest absolute Gasteiger partial charge is 0.493 e. The van der Waals surface area contributed by atoms with Gasteiger partial charge in [0.05, 0.1) is 33.9 Å². The molecule has 1 atom stereocenters. The first-order valence-electron chi connectivity index (χ1n) is 10.2. The van der Waals surface area contributed by atoms with E-state index >= 15 is 0 Å². The molecule has 8 nitrogen and oxygen atoms in total. The molecule has 2 aliphatic heterocycles. The van der Waals surface area contributed by atoms with E-state index in [2.05, 4.69) is 5.32 Å². The van der Waals surface area contributed by atoms with Gasteiger partial charge in [0.1, 0.15) is 0 Å². The highest BCUT2D eigenvalue weighted by Crippen LogP contribution is 2.39. The highest BCUT2D eigenvalue weighted by molar-refractivity contribution is 5.93. The molecule has 2 fully saturated rings. The van der Waals surface area contributed by atoms with Gasteiger partial charge in [-0.1, -0.05) is 6.42 Å². The number of ether oxygens (including phenoxy) is 3. The number of hydrogen-bond acceptors (Lipinski definition) is 6. The third-order valence-corrected chi connectivity index (χ3v) is 5.61. The van der Waals surface area contributed by atoms with Crippen LogP contribution in [-0.4, -0.2) is 75.2 Å². The summed E-state index contributed by atoms with van der Waals surface area (Å²) in [7, 11) is 4.60. The number of amides is 2. The van der Waals surface area contributed by atoms with Crippen molar-refractivity contribution < 1.29 is 23.8 Å². The quantitative estimate of drug-likeness (QED) is 0.749. The minimum Gasteiger partial charge on any atom is -0.493 e. The first-order valence-corrected chi connectivity index (χ1v) is 10.2. The van der Waals surface area contributed by atoms with Gasteiger partial charge in [0.2, 0.25) is 17.6 Å². The van der Waals surface area contributed by atoms with Crippen LogP contribution in [-0.2, 0) is 9.59 Å². The summed E-state index contributed by atoms with van der Waals surface area (Å²) in [4.78, 5) is 29.6. The lowest BCUT2D eigenvalue weighted by molar-refractivity contribution is -0.137. The van der Waals surface area contributed by atoms with Gasteiger partial charge in [-0.2, -0.15) is 0 Å². The van der Waals surface area contributed by atoms with Gasteiger partial charge in [-0.05, 0) is 32.2 Å². The Morgan fingerprint density at radius 3 is 2.17 bits per heavy atom. The lowest BCUT2D eigenvalue weighted by Gasteiger charge is -2.36. The van der Waals surface area contributed by atoms with Crippen LogP contribution < -0.4 is 19.5 Å². The van der Waals surface area contributed by atoms with Crippen LogP contribution >= 0.6 is 0 Å². The van der Waals surface area contributed by atoms with E-state index in [0.29, 0.717) is 22.9 Å². The molecule has 2 saturated heterocycles. The second kappa shape index (κ2) is 9.82. The van der Waals surface area contributed by atoms with Crippen molar-refractivity contribution in [2.24, 2.45) is 0 Å². The van der Waals surface area contributed by atoms with Crippen LogP contribution in [0.3, 0.4) is 0 Å². The van der Waals surface area contributed by atoms with Crippen LogP contribution in [0.15, 0.2) is 12.1 Å². The zero-order chi connectivity index (χ0) is 20.8. The molecule has 2 aliphatic rings. The number of nitrogens with one attached hydrogen (secondary N) is 1. The van der Waals surface area contributed by atoms with E-state index in [0.717, 1.165) is 51.7 Å². The average Bonchev–Trinajstić information content (AvgIpc) is 3.27. The molecule has 1 unspecified atom stereocenters. The van der Waals surface area contributed by atoms with Gasteiger partial charge in [-0.25, -0.2) is 0 Å². The fraction of sp³-hybridized carbons (Fsp3) is 0.619. The van der Waals surface area contributed by atoms with Crippen LogP contribution in [0, 0.1) is 0 Å². The van der Waals surface area contributed by atoms with E-state index in [9.17, 15) is 9.59 Å². The molecule has 0 bridgehead atoms. The van der Waals surface area contributed by atoms with E-state index < -0.39 is 0 Å².